The number of rotatable bonds is 7. The molecule has 1 aliphatic heterocycles. The Balaban J connectivity index is 1.46. The quantitative estimate of drug-likeness (QED) is 0.682. The highest BCUT2D eigenvalue weighted by molar-refractivity contribution is 5.83. The summed E-state index contributed by atoms with van der Waals surface area (Å²) in [6, 6.07) is 7.97. The zero-order valence-electron chi connectivity index (χ0n) is 16.7. The summed E-state index contributed by atoms with van der Waals surface area (Å²) >= 11 is 0. The third-order valence-electron chi connectivity index (χ3n) is 5.35. The van der Waals surface area contributed by atoms with Gasteiger partial charge in [0.05, 0.1) is 12.6 Å². The number of carbonyl (C=O) groups excluding carboxylic acids is 2. The summed E-state index contributed by atoms with van der Waals surface area (Å²) in [5.74, 6) is 0.0247. The standard InChI is InChI=1S/C21H30N4O3/c1-3-28-21(27)24-17-7-6-12-25(14-17)15(2)20(26)22-11-10-16-13-23-19-9-5-4-8-18(16)19/h4-5,8-9,13,15,17,23H,3,6-7,10-12,14H2,1-2H3,(H,22,26)(H,24,27). The molecule has 1 aromatic carbocycles. The number of aromatic nitrogens is 1. The highest BCUT2D eigenvalue weighted by atomic mass is 16.5. The molecule has 1 aliphatic rings. The fraction of sp³-hybridized carbons (Fsp3) is 0.524. The van der Waals surface area contributed by atoms with Gasteiger partial charge in [-0.3, -0.25) is 9.69 Å². The number of hydrogen-bond acceptors (Lipinski definition) is 4. The number of alkyl carbamates (subject to hydrolysis) is 1. The number of nitrogens with zero attached hydrogens (tertiary/aromatic N) is 1. The Morgan fingerprint density at radius 1 is 1.36 bits per heavy atom. The average Bonchev–Trinajstić information content (AvgIpc) is 3.11. The molecular formula is C21H30N4O3. The van der Waals surface area contributed by atoms with Crippen molar-refractivity contribution >= 4 is 22.9 Å². The predicted molar refractivity (Wildman–Crippen MR) is 109 cm³/mol. The van der Waals surface area contributed by atoms with Crippen LogP contribution in [0.3, 0.4) is 0 Å². The Morgan fingerprint density at radius 2 is 2.18 bits per heavy atom. The molecule has 0 spiro atoms. The van der Waals surface area contributed by atoms with Gasteiger partial charge in [-0.2, -0.15) is 0 Å². The smallest absolute Gasteiger partial charge is 0.407 e. The molecule has 3 N–H and O–H groups in total. The van der Waals surface area contributed by atoms with E-state index in [2.05, 4.69) is 32.7 Å². The topological polar surface area (TPSA) is 86.5 Å². The summed E-state index contributed by atoms with van der Waals surface area (Å²) in [7, 11) is 0. The molecule has 152 valence electrons. The van der Waals surface area contributed by atoms with Crippen LogP contribution in [0.15, 0.2) is 30.5 Å². The second-order valence-corrected chi connectivity index (χ2v) is 7.28. The van der Waals surface area contributed by atoms with Gasteiger partial charge in [0.25, 0.3) is 0 Å². The van der Waals surface area contributed by atoms with Crippen LogP contribution < -0.4 is 10.6 Å². The summed E-state index contributed by atoms with van der Waals surface area (Å²) in [5, 5.41) is 7.14. The number of nitrogens with one attached hydrogen (secondary N) is 3. The number of hydrogen-bond donors (Lipinski definition) is 3. The molecule has 0 bridgehead atoms. The van der Waals surface area contributed by atoms with Gasteiger partial charge < -0.3 is 20.4 Å². The number of likely N-dealkylation sites (tertiary alicyclic amines) is 1. The van der Waals surface area contributed by atoms with Gasteiger partial charge in [-0.25, -0.2) is 4.79 Å². The van der Waals surface area contributed by atoms with Gasteiger partial charge in [-0.1, -0.05) is 18.2 Å². The Bertz CT molecular complexity index is 804. The lowest BCUT2D eigenvalue weighted by molar-refractivity contribution is -0.126. The van der Waals surface area contributed by atoms with Crippen LogP contribution in [-0.4, -0.2) is 60.2 Å². The Hall–Kier alpha value is -2.54. The van der Waals surface area contributed by atoms with E-state index in [1.807, 2.05) is 25.3 Å². The molecule has 2 heterocycles. The van der Waals surface area contributed by atoms with Crippen LogP contribution in [0.25, 0.3) is 10.9 Å². The van der Waals surface area contributed by atoms with Gasteiger partial charge in [0.2, 0.25) is 5.91 Å². The molecule has 2 aromatic rings. The zero-order chi connectivity index (χ0) is 19.9. The number of H-pyrrole nitrogens is 1. The minimum atomic E-state index is -0.384. The SMILES string of the molecule is CCOC(=O)NC1CCCN(C(C)C(=O)NCCc2c[nH]c3ccccc23)C1. The lowest BCUT2D eigenvalue weighted by Gasteiger charge is -2.36. The molecule has 0 radical (unpaired) electrons. The van der Waals surface area contributed by atoms with Gasteiger partial charge in [0.15, 0.2) is 0 Å². The third kappa shape index (κ3) is 5.04. The monoisotopic (exact) mass is 386 g/mol. The van der Waals surface area contributed by atoms with Crippen LogP contribution in [0, 0.1) is 0 Å². The van der Waals surface area contributed by atoms with E-state index in [1.54, 1.807) is 6.92 Å². The summed E-state index contributed by atoms with van der Waals surface area (Å²) in [6.45, 7) is 6.19. The number of carbonyl (C=O) groups is 2. The predicted octanol–water partition coefficient (Wildman–Crippen LogP) is 2.43. The van der Waals surface area contributed by atoms with E-state index in [0.29, 0.717) is 19.7 Å². The first-order chi connectivity index (χ1) is 13.6. The highest BCUT2D eigenvalue weighted by Crippen LogP contribution is 2.18. The van der Waals surface area contributed by atoms with Crippen molar-refractivity contribution in [2.45, 2.75) is 45.2 Å². The molecule has 3 rings (SSSR count). The summed E-state index contributed by atoms with van der Waals surface area (Å²) in [4.78, 5) is 29.6. The average molecular weight is 386 g/mol. The Morgan fingerprint density at radius 3 is 3.00 bits per heavy atom. The molecule has 2 atom stereocenters. The summed E-state index contributed by atoms with van der Waals surface area (Å²) in [5.41, 5.74) is 2.32. The first-order valence-corrected chi connectivity index (χ1v) is 10.1. The van der Waals surface area contributed by atoms with Crippen LogP contribution in [0.4, 0.5) is 4.79 Å². The molecule has 1 saturated heterocycles. The van der Waals surface area contributed by atoms with E-state index < -0.39 is 0 Å². The highest BCUT2D eigenvalue weighted by Gasteiger charge is 2.28. The number of aromatic amines is 1. The first-order valence-electron chi connectivity index (χ1n) is 10.1. The summed E-state index contributed by atoms with van der Waals surface area (Å²) < 4.78 is 4.96. The largest absolute Gasteiger partial charge is 0.450 e. The second-order valence-electron chi connectivity index (χ2n) is 7.28. The molecule has 2 unspecified atom stereocenters. The normalized spacial score (nSPS) is 18.6. The molecular weight excluding hydrogens is 356 g/mol. The lowest BCUT2D eigenvalue weighted by atomic mass is 10.0. The number of amides is 2. The number of piperidine rings is 1. The fourth-order valence-electron chi connectivity index (χ4n) is 3.79. The zero-order valence-corrected chi connectivity index (χ0v) is 16.7. The maximum Gasteiger partial charge on any atom is 0.407 e. The first kappa shape index (κ1) is 20.2. The third-order valence-corrected chi connectivity index (χ3v) is 5.35. The van der Waals surface area contributed by atoms with Crippen LogP contribution in [0.1, 0.15) is 32.3 Å². The lowest BCUT2D eigenvalue weighted by Crippen LogP contribution is -2.54. The van der Waals surface area contributed by atoms with Crippen molar-refractivity contribution in [3.05, 3.63) is 36.0 Å². The van der Waals surface area contributed by atoms with E-state index in [0.717, 1.165) is 31.3 Å². The minimum absolute atomic E-state index is 0.0225. The minimum Gasteiger partial charge on any atom is -0.450 e. The van der Waals surface area contributed by atoms with Crippen molar-refractivity contribution in [1.82, 2.24) is 20.5 Å². The maximum atomic E-state index is 12.6. The Kier molecular flexibility index (Phi) is 6.92. The van der Waals surface area contributed by atoms with Crippen LogP contribution >= 0.6 is 0 Å². The van der Waals surface area contributed by atoms with Crippen molar-refractivity contribution < 1.29 is 14.3 Å². The number of benzene rings is 1. The summed E-state index contributed by atoms with van der Waals surface area (Å²) in [6.07, 6.45) is 4.27. The van der Waals surface area contributed by atoms with E-state index in [-0.39, 0.29) is 24.1 Å². The number of para-hydroxylation sites is 1. The van der Waals surface area contributed by atoms with E-state index in [4.69, 9.17) is 4.74 Å². The molecule has 1 fully saturated rings. The Labute approximate surface area is 165 Å². The van der Waals surface area contributed by atoms with E-state index >= 15 is 0 Å². The van der Waals surface area contributed by atoms with Crippen molar-refractivity contribution in [3.63, 3.8) is 0 Å². The molecule has 0 aliphatic carbocycles. The van der Waals surface area contributed by atoms with Crippen molar-refractivity contribution in [1.29, 1.82) is 0 Å². The van der Waals surface area contributed by atoms with Crippen LogP contribution in [0.2, 0.25) is 0 Å². The number of fused-ring (bicyclic) bond motifs is 1. The van der Waals surface area contributed by atoms with Crippen LogP contribution in [0.5, 0.6) is 0 Å². The van der Waals surface area contributed by atoms with Gasteiger partial charge in [-0.05, 0) is 51.3 Å². The van der Waals surface area contributed by atoms with E-state index in [9.17, 15) is 9.59 Å². The second kappa shape index (κ2) is 9.59. The molecule has 7 heteroatoms. The molecule has 7 nitrogen and oxygen atoms in total. The van der Waals surface area contributed by atoms with E-state index in [1.165, 1.54) is 10.9 Å². The van der Waals surface area contributed by atoms with Gasteiger partial charge in [0, 0.05) is 36.2 Å². The molecule has 28 heavy (non-hydrogen) atoms. The fourth-order valence-corrected chi connectivity index (χ4v) is 3.79. The number of ether oxygens (including phenoxy) is 1. The van der Waals surface area contributed by atoms with Crippen molar-refractivity contribution in [2.24, 2.45) is 0 Å². The molecule has 1 aromatic heterocycles. The van der Waals surface area contributed by atoms with Crippen molar-refractivity contribution in [2.75, 3.05) is 26.2 Å². The molecule has 2 amide bonds. The van der Waals surface area contributed by atoms with Gasteiger partial charge >= 0.3 is 6.09 Å². The molecule has 0 saturated carbocycles. The van der Waals surface area contributed by atoms with Crippen LogP contribution in [-0.2, 0) is 16.0 Å². The van der Waals surface area contributed by atoms with Gasteiger partial charge in [0.1, 0.15) is 0 Å². The maximum absolute atomic E-state index is 12.6. The van der Waals surface area contributed by atoms with Gasteiger partial charge in [-0.15, -0.1) is 0 Å². The van der Waals surface area contributed by atoms with Crippen molar-refractivity contribution in [3.8, 4) is 0 Å².